The molecule has 0 aromatic carbocycles. The maximum absolute atomic E-state index is 11.4. The van der Waals surface area contributed by atoms with Crippen LogP contribution >= 0.6 is 11.3 Å². The molecule has 1 fully saturated rings. The van der Waals surface area contributed by atoms with Crippen molar-refractivity contribution in [2.45, 2.75) is 32.4 Å². The van der Waals surface area contributed by atoms with Gasteiger partial charge in [0.2, 0.25) is 5.91 Å². The third kappa shape index (κ3) is 4.51. The van der Waals surface area contributed by atoms with Crippen molar-refractivity contribution < 1.29 is 9.53 Å². The van der Waals surface area contributed by atoms with E-state index in [9.17, 15) is 4.79 Å². The molecule has 0 bridgehead atoms. The fourth-order valence-corrected chi connectivity index (χ4v) is 3.64. The zero-order chi connectivity index (χ0) is 15.2. The van der Waals surface area contributed by atoms with Crippen molar-refractivity contribution in [1.82, 2.24) is 10.2 Å². The van der Waals surface area contributed by atoms with E-state index in [0.29, 0.717) is 6.42 Å². The van der Waals surface area contributed by atoms with E-state index in [2.05, 4.69) is 29.3 Å². The number of hydrogen-bond donors (Lipinski definition) is 2. The van der Waals surface area contributed by atoms with Crippen molar-refractivity contribution in [3.05, 3.63) is 21.9 Å². The fraction of sp³-hybridized carbons (Fsp3) is 0.667. The summed E-state index contributed by atoms with van der Waals surface area (Å²) in [7, 11) is 0. The molecule has 0 aliphatic carbocycles. The zero-order valence-corrected chi connectivity index (χ0v) is 13.6. The summed E-state index contributed by atoms with van der Waals surface area (Å²) < 4.78 is 5.44. The number of primary amides is 1. The van der Waals surface area contributed by atoms with Crippen LogP contribution in [0.1, 0.15) is 29.1 Å². The predicted octanol–water partition coefficient (Wildman–Crippen LogP) is 1.28. The van der Waals surface area contributed by atoms with E-state index in [4.69, 9.17) is 10.5 Å². The number of hydrogen-bond acceptors (Lipinski definition) is 5. The molecule has 1 aromatic rings. The average Bonchev–Trinajstić information content (AvgIpc) is 2.90. The number of aryl methyl sites for hydroxylation is 1. The van der Waals surface area contributed by atoms with Crippen molar-refractivity contribution >= 4 is 17.2 Å². The first-order valence-electron chi connectivity index (χ1n) is 7.52. The van der Waals surface area contributed by atoms with E-state index in [1.165, 1.54) is 9.75 Å². The van der Waals surface area contributed by atoms with Gasteiger partial charge in [-0.1, -0.05) is 6.92 Å². The van der Waals surface area contributed by atoms with Gasteiger partial charge in [-0.05, 0) is 25.5 Å². The van der Waals surface area contributed by atoms with Crippen LogP contribution in [0.3, 0.4) is 0 Å². The quantitative estimate of drug-likeness (QED) is 0.796. The zero-order valence-electron chi connectivity index (χ0n) is 12.8. The van der Waals surface area contributed by atoms with Gasteiger partial charge in [0, 0.05) is 29.4 Å². The van der Waals surface area contributed by atoms with Crippen molar-refractivity contribution in [1.29, 1.82) is 0 Å². The van der Waals surface area contributed by atoms with Crippen molar-refractivity contribution in [2.75, 3.05) is 32.8 Å². The normalized spacial score (nSPS) is 19.3. The lowest BCUT2D eigenvalue weighted by Gasteiger charge is -2.34. The Morgan fingerprint density at radius 2 is 2.19 bits per heavy atom. The molecule has 5 nitrogen and oxygen atoms in total. The van der Waals surface area contributed by atoms with Crippen LogP contribution in [0, 0.1) is 6.92 Å². The molecule has 1 aromatic heterocycles. The molecule has 0 saturated carbocycles. The van der Waals surface area contributed by atoms with E-state index < -0.39 is 0 Å². The largest absolute Gasteiger partial charge is 0.379 e. The molecule has 0 unspecified atom stereocenters. The smallest absolute Gasteiger partial charge is 0.234 e. The summed E-state index contributed by atoms with van der Waals surface area (Å²) in [6.45, 7) is 8.23. The molecule has 3 N–H and O–H groups in total. The minimum absolute atomic E-state index is 0.255. The van der Waals surface area contributed by atoms with Crippen LogP contribution in [0.5, 0.6) is 0 Å². The maximum Gasteiger partial charge on any atom is 0.234 e. The number of amides is 1. The molecule has 118 valence electrons. The number of rotatable bonds is 7. The highest BCUT2D eigenvalue weighted by Gasteiger charge is 2.25. The van der Waals surface area contributed by atoms with Gasteiger partial charge in [-0.15, -0.1) is 11.3 Å². The predicted molar refractivity (Wildman–Crippen MR) is 85.5 cm³/mol. The Bertz CT molecular complexity index is 458. The van der Waals surface area contributed by atoms with Crippen molar-refractivity contribution in [3.63, 3.8) is 0 Å². The van der Waals surface area contributed by atoms with E-state index in [1.54, 1.807) is 0 Å². The number of nitrogens with one attached hydrogen (secondary N) is 1. The van der Waals surface area contributed by atoms with Crippen LogP contribution in [0.4, 0.5) is 0 Å². The number of carbonyl (C=O) groups is 1. The first-order valence-corrected chi connectivity index (χ1v) is 8.34. The molecule has 1 saturated heterocycles. The van der Waals surface area contributed by atoms with Gasteiger partial charge in [0.25, 0.3) is 0 Å². The summed E-state index contributed by atoms with van der Waals surface area (Å²) in [6.07, 6.45) is 0.717. The number of nitrogens with two attached hydrogens (primary N) is 1. The van der Waals surface area contributed by atoms with Gasteiger partial charge in [0.15, 0.2) is 0 Å². The fourth-order valence-electron chi connectivity index (χ4n) is 2.63. The van der Waals surface area contributed by atoms with E-state index in [-0.39, 0.29) is 18.0 Å². The van der Waals surface area contributed by atoms with Crippen LogP contribution in [0.2, 0.25) is 0 Å². The van der Waals surface area contributed by atoms with Gasteiger partial charge < -0.3 is 15.8 Å². The highest BCUT2D eigenvalue weighted by molar-refractivity contribution is 7.12. The summed E-state index contributed by atoms with van der Waals surface area (Å²) >= 11 is 1.82. The molecule has 2 rings (SSSR count). The van der Waals surface area contributed by atoms with E-state index in [0.717, 1.165) is 32.8 Å². The molecule has 1 aliphatic heterocycles. The van der Waals surface area contributed by atoms with E-state index >= 15 is 0 Å². The minimum atomic E-state index is -0.277. The Kier molecular flexibility index (Phi) is 6.17. The Morgan fingerprint density at radius 1 is 1.48 bits per heavy atom. The molecule has 1 amide bonds. The number of ether oxygens (including phenoxy) is 1. The van der Waals surface area contributed by atoms with Crippen molar-refractivity contribution in [3.8, 4) is 0 Å². The van der Waals surface area contributed by atoms with Crippen molar-refractivity contribution in [2.24, 2.45) is 5.73 Å². The number of carbonyl (C=O) groups excluding carboxylic acids is 1. The molecular formula is C15H25N3O2S. The second kappa shape index (κ2) is 7.89. The number of thiophene rings is 1. The second-order valence-corrected chi connectivity index (χ2v) is 6.70. The molecule has 1 aliphatic rings. The van der Waals surface area contributed by atoms with Gasteiger partial charge in [-0.25, -0.2) is 0 Å². The van der Waals surface area contributed by atoms with Gasteiger partial charge in [0.05, 0.1) is 25.3 Å². The molecular weight excluding hydrogens is 286 g/mol. The Labute approximate surface area is 130 Å². The first-order chi connectivity index (χ1) is 10.1. The first kappa shape index (κ1) is 16.4. The Balaban J connectivity index is 2.06. The van der Waals surface area contributed by atoms with Gasteiger partial charge in [0.1, 0.15) is 0 Å². The lowest BCUT2D eigenvalue weighted by Crippen LogP contribution is -2.47. The highest BCUT2D eigenvalue weighted by Crippen LogP contribution is 2.28. The van der Waals surface area contributed by atoms with Crippen LogP contribution in [0.15, 0.2) is 12.1 Å². The molecule has 2 heterocycles. The molecule has 21 heavy (non-hydrogen) atoms. The van der Waals surface area contributed by atoms with Crippen LogP contribution < -0.4 is 11.1 Å². The number of morpholine rings is 1. The molecule has 0 spiro atoms. The summed E-state index contributed by atoms with van der Waals surface area (Å²) in [6, 6.07) is 4.36. The minimum Gasteiger partial charge on any atom is -0.379 e. The van der Waals surface area contributed by atoms with Gasteiger partial charge in [-0.2, -0.15) is 0 Å². The lowest BCUT2D eigenvalue weighted by atomic mass is 10.1. The third-order valence-electron chi connectivity index (χ3n) is 3.89. The maximum atomic E-state index is 11.4. The molecule has 2 atom stereocenters. The summed E-state index contributed by atoms with van der Waals surface area (Å²) in [4.78, 5) is 16.5. The Hall–Kier alpha value is -0.950. The van der Waals surface area contributed by atoms with Gasteiger partial charge in [-0.3, -0.25) is 9.69 Å². The SMILES string of the molecule is CC[C@@H](NC[C@H](c1ccc(C)s1)N1CCOCC1)C(N)=O. The standard InChI is InChI=1S/C15H25N3O2S/c1-3-12(15(16)19)17-10-13(14-5-4-11(2)21-14)18-6-8-20-9-7-18/h4-5,12-13,17H,3,6-10H2,1-2H3,(H2,16,19)/t12-,13-/m1/s1. The number of nitrogens with zero attached hydrogens (tertiary/aromatic N) is 1. The van der Waals surface area contributed by atoms with Gasteiger partial charge >= 0.3 is 0 Å². The third-order valence-corrected chi connectivity index (χ3v) is 4.99. The van der Waals surface area contributed by atoms with Crippen LogP contribution in [-0.2, 0) is 9.53 Å². The van der Waals surface area contributed by atoms with Crippen LogP contribution in [-0.4, -0.2) is 49.7 Å². The summed E-state index contributed by atoms with van der Waals surface area (Å²) in [5.41, 5.74) is 5.42. The van der Waals surface area contributed by atoms with E-state index in [1.807, 2.05) is 18.3 Å². The summed E-state index contributed by atoms with van der Waals surface area (Å²) in [5.74, 6) is -0.277. The Morgan fingerprint density at radius 3 is 2.71 bits per heavy atom. The van der Waals surface area contributed by atoms with Crippen LogP contribution in [0.25, 0.3) is 0 Å². The topological polar surface area (TPSA) is 67.6 Å². The monoisotopic (exact) mass is 311 g/mol. The lowest BCUT2D eigenvalue weighted by molar-refractivity contribution is -0.120. The average molecular weight is 311 g/mol. The highest BCUT2D eigenvalue weighted by atomic mass is 32.1. The molecule has 6 heteroatoms. The summed E-state index contributed by atoms with van der Waals surface area (Å²) in [5, 5.41) is 3.32. The molecule has 0 radical (unpaired) electrons. The second-order valence-electron chi connectivity index (χ2n) is 5.38.